The van der Waals surface area contributed by atoms with E-state index in [0.29, 0.717) is 17.0 Å². The molecule has 0 radical (unpaired) electrons. The van der Waals surface area contributed by atoms with Gasteiger partial charge in [0.15, 0.2) is 11.4 Å². The molecule has 0 spiro atoms. The van der Waals surface area contributed by atoms with Crippen molar-refractivity contribution in [2.45, 2.75) is 25.3 Å². The Kier molecular flexibility index (Phi) is 4.46. The Hall–Kier alpha value is -3.47. The lowest BCUT2D eigenvalue weighted by Gasteiger charge is -2.09. The average Bonchev–Trinajstić information content (AvgIpc) is 3.21. The third kappa shape index (κ3) is 3.63. The number of nitrogens with zero attached hydrogens (tertiary/aromatic N) is 3. The van der Waals surface area contributed by atoms with Gasteiger partial charge in [0.25, 0.3) is 10.0 Å². The molecule has 29 heavy (non-hydrogen) atoms. The molecule has 0 aliphatic carbocycles. The fraction of sp³-hybridized carbons (Fsp3) is 0.167. The van der Waals surface area contributed by atoms with Crippen LogP contribution in [0.5, 0.6) is 0 Å². The standard InChI is InChI=1S/C18H15FN4O5S/c1-10-3-4-12(7-14(10)19)22-29(25,26)13-5-6-15-16(8-13)27-18(24)23(15)9-17-20-11(2)28-21-17/h3-8,22H,9H2,1-2H3. The highest BCUT2D eigenvalue weighted by Crippen LogP contribution is 2.22. The van der Waals surface area contributed by atoms with E-state index < -0.39 is 21.6 Å². The van der Waals surface area contributed by atoms with E-state index in [2.05, 4.69) is 14.9 Å². The number of fused-ring (bicyclic) bond motifs is 1. The first-order valence-electron chi connectivity index (χ1n) is 8.44. The monoisotopic (exact) mass is 418 g/mol. The molecule has 0 unspecified atom stereocenters. The van der Waals surface area contributed by atoms with Gasteiger partial charge in [-0.15, -0.1) is 0 Å². The molecule has 4 rings (SSSR count). The minimum atomic E-state index is -4.02. The van der Waals surface area contributed by atoms with E-state index in [4.69, 9.17) is 8.94 Å². The normalized spacial score (nSPS) is 11.8. The molecule has 0 saturated heterocycles. The van der Waals surface area contributed by atoms with Crippen LogP contribution in [0, 0.1) is 19.7 Å². The molecule has 2 heterocycles. The molecule has 9 nitrogen and oxygen atoms in total. The Labute approximate surface area is 163 Å². The van der Waals surface area contributed by atoms with Crippen molar-refractivity contribution in [3.05, 3.63) is 70.0 Å². The van der Waals surface area contributed by atoms with Crippen LogP contribution in [0.3, 0.4) is 0 Å². The number of hydrogen-bond acceptors (Lipinski definition) is 7. The number of oxazole rings is 1. The second-order valence-electron chi connectivity index (χ2n) is 6.38. The molecule has 0 aliphatic heterocycles. The molecule has 0 saturated carbocycles. The van der Waals surface area contributed by atoms with Gasteiger partial charge in [0.1, 0.15) is 5.82 Å². The van der Waals surface area contributed by atoms with Crippen molar-refractivity contribution in [3.8, 4) is 0 Å². The summed E-state index contributed by atoms with van der Waals surface area (Å²) >= 11 is 0. The SMILES string of the molecule is Cc1nc(Cn2c(=O)oc3cc(S(=O)(=O)Nc4ccc(C)c(F)c4)ccc32)no1. The van der Waals surface area contributed by atoms with Gasteiger partial charge in [0.2, 0.25) is 5.89 Å². The molecule has 2 aromatic carbocycles. The van der Waals surface area contributed by atoms with Gasteiger partial charge in [-0.2, -0.15) is 4.98 Å². The number of aromatic nitrogens is 3. The smallest absolute Gasteiger partial charge is 0.408 e. The second-order valence-corrected chi connectivity index (χ2v) is 8.07. The van der Waals surface area contributed by atoms with Gasteiger partial charge < -0.3 is 8.94 Å². The van der Waals surface area contributed by atoms with Gasteiger partial charge in [-0.1, -0.05) is 11.2 Å². The van der Waals surface area contributed by atoms with Crippen molar-refractivity contribution in [2.24, 2.45) is 0 Å². The topological polar surface area (TPSA) is 120 Å². The molecule has 0 amide bonds. The van der Waals surface area contributed by atoms with Gasteiger partial charge in [0.05, 0.1) is 22.6 Å². The van der Waals surface area contributed by atoms with Crippen LogP contribution in [0.15, 0.2) is 55.0 Å². The van der Waals surface area contributed by atoms with Crippen LogP contribution in [0.25, 0.3) is 11.1 Å². The Bertz CT molecular complexity index is 1390. The van der Waals surface area contributed by atoms with E-state index >= 15 is 0 Å². The summed E-state index contributed by atoms with van der Waals surface area (Å²) in [5.74, 6) is -0.578. The molecular weight excluding hydrogens is 403 g/mol. The molecule has 0 fully saturated rings. The molecule has 150 valence electrons. The molecular formula is C18H15FN4O5S. The fourth-order valence-corrected chi connectivity index (χ4v) is 3.85. The van der Waals surface area contributed by atoms with Crippen LogP contribution in [-0.2, 0) is 16.6 Å². The number of aryl methyl sites for hydroxylation is 2. The fourth-order valence-electron chi connectivity index (χ4n) is 2.78. The maximum Gasteiger partial charge on any atom is 0.420 e. The molecule has 2 aromatic heterocycles. The predicted octanol–water partition coefficient (Wildman–Crippen LogP) is 2.58. The lowest BCUT2D eigenvalue weighted by Crippen LogP contribution is -2.15. The minimum absolute atomic E-state index is 0.0101. The Morgan fingerprint density at radius 2 is 1.97 bits per heavy atom. The van der Waals surface area contributed by atoms with Gasteiger partial charge >= 0.3 is 5.76 Å². The van der Waals surface area contributed by atoms with Crippen LogP contribution in [0.1, 0.15) is 17.3 Å². The molecule has 0 bridgehead atoms. The van der Waals surface area contributed by atoms with E-state index in [-0.39, 0.29) is 28.5 Å². The first-order chi connectivity index (χ1) is 13.7. The van der Waals surface area contributed by atoms with Crippen LogP contribution < -0.4 is 10.5 Å². The number of hydrogen-bond donors (Lipinski definition) is 1. The molecule has 4 aromatic rings. The van der Waals surface area contributed by atoms with Crippen LogP contribution in [-0.4, -0.2) is 23.1 Å². The largest absolute Gasteiger partial charge is 0.420 e. The summed E-state index contributed by atoms with van der Waals surface area (Å²) in [7, 11) is -4.02. The second kappa shape index (κ2) is 6.85. The molecule has 11 heteroatoms. The lowest BCUT2D eigenvalue weighted by molar-refractivity contribution is 0.385. The lowest BCUT2D eigenvalue weighted by atomic mass is 10.2. The Morgan fingerprint density at radius 3 is 2.66 bits per heavy atom. The summed E-state index contributed by atoms with van der Waals surface area (Å²) < 4.78 is 52.6. The van der Waals surface area contributed by atoms with E-state index in [0.717, 1.165) is 6.07 Å². The van der Waals surface area contributed by atoms with Crippen LogP contribution >= 0.6 is 0 Å². The van der Waals surface area contributed by atoms with Gasteiger partial charge in [-0.25, -0.2) is 17.6 Å². The maximum absolute atomic E-state index is 13.7. The predicted molar refractivity (Wildman–Crippen MR) is 101 cm³/mol. The Balaban J connectivity index is 1.68. The zero-order chi connectivity index (χ0) is 20.8. The van der Waals surface area contributed by atoms with Gasteiger partial charge in [0, 0.05) is 13.0 Å². The van der Waals surface area contributed by atoms with E-state index in [1.54, 1.807) is 13.8 Å². The summed E-state index contributed by atoms with van der Waals surface area (Å²) in [5, 5.41) is 3.73. The van der Waals surface area contributed by atoms with Crippen molar-refractivity contribution < 1.29 is 21.7 Å². The summed E-state index contributed by atoms with van der Waals surface area (Å²) in [4.78, 5) is 16.1. The van der Waals surface area contributed by atoms with Crippen LogP contribution in [0.4, 0.5) is 10.1 Å². The molecule has 0 aliphatic rings. The third-order valence-electron chi connectivity index (χ3n) is 4.24. The zero-order valence-corrected chi connectivity index (χ0v) is 16.2. The van der Waals surface area contributed by atoms with Crippen LogP contribution in [0.2, 0.25) is 0 Å². The summed E-state index contributed by atoms with van der Waals surface area (Å²) in [6, 6.07) is 8.00. The van der Waals surface area contributed by atoms with Crippen molar-refractivity contribution in [2.75, 3.05) is 4.72 Å². The van der Waals surface area contributed by atoms with E-state index in [1.807, 2.05) is 0 Å². The van der Waals surface area contributed by atoms with Crippen molar-refractivity contribution in [1.29, 1.82) is 0 Å². The van der Waals surface area contributed by atoms with Crippen molar-refractivity contribution >= 4 is 26.8 Å². The molecule has 0 atom stereocenters. The zero-order valence-electron chi connectivity index (χ0n) is 15.3. The number of anilines is 1. The number of halogens is 1. The first kappa shape index (κ1) is 18.9. The third-order valence-corrected chi connectivity index (χ3v) is 5.62. The summed E-state index contributed by atoms with van der Waals surface area (Å²) in [5.41, 5.74) is 0.930. The maximum atomic E-state index is 13.7. The van der Waals surface area contributed by atoms with Crippen molar-refractivity contribution in [1.82, 2.24) is 14.7 Å². The number of benzene rings is 2. The quantitative estimate of drug-likeness (QED) is 0.529. The minimum Gasteiger partial charge on any atom is -0.408 e. The highest BCUT2D eigenvalue weighted by atomic mass is 32.2. The summed E-state index contributed by atoms with van der Waals surface area (Å²) in [6.45, 7) is 3.21. The number of sulfonamides is 1. The van der Waals surface area contributed by atoms with Gasteiger partial charge in [-0.3, -0.25) is 9.29 Å². The van der Waals surface area contributed by atoms with E-state index in [9.17, 15) is 17.6 Å². The number of rotatable bonds is 5. The average molecular weight is 418 g/mol. The number of nitrogens with one attached hydrogen (secondary N) is 1. The Morgan fingerprint density at radius 1 is 1.17 bits per heavy atom. The highest BCUT2D eigenvalue weighted by Gasteiger charge is 2.19. The molecule has 1 N–H and O–H groups in total. The summed E-state index contributed by atoms with van der Waals surface area (Å²) in [6.07, 6.45) is 0. The highest BCUT2D eigenvalue weighted by molar-refractivity contribution is 7.92. The van der Waals surface area contributed by atoms with Gasteiger partial charge in [-0.05, 0) is 36.8 Å². The van der Waals surface area contributed by atoms with Crippen molar-refractivity contribution in [3.63, 3.8) is 0 Å². The van der Waals surface area contributed by atoms with E-state index in [1.165, 1.54) is 34.9 Å². The first-order valence-corrected chi connectivity index (χ1v) is 9.93.